The first-order valence-electron chi connectivity index (χ1n) is 9.55. The predicted octanol–water partition coefficient (Wildman–Crippen LogP) is 3.12. The first-order valence-corrected chi connectivity index (χ1v) is 9.55. The van der Waals surface area contributed by atoms with Crippen LogP contribution in [0.1, 0.15) is 50.5 Å². The molecule has 7 heteroatoms. The van der Waals surface area contributed by atoms with Crippen LogP contribution in [0.25, 0.3) is 5.82 Å². The van der Waals surface area contributed by atoms with Crippen LogP contribution < -0.4 is 5.32 Å². The first kappa shape index (κ1) is 19.1. The molecule has 0 radical (unpaired) electrons. The molecule has 0 aromatic carbocycles. The topological polar surface area (TPSA) is 80.1 Å². The highest BCUT2D eigenvalue weighted by atomic mass is 16.2. The average molecular weight is 369 g/mol. The molecule has 3 heterocycles. The van der Waals surface area contributed by atoms with Gasteiger partial charge in [-0.3, -0.25) is 14.2 Å². The van der Waals surface area contributed by atoms with E-state index in [1.54, 1.807) is 35.4 Å². The number of hydrogen-bond donors (Lipinski definition) is 1. The van der Waals surface area contributed by atoms with Crippen LogP contribution in [0.5, 0.6) is 0 Å². The van der Waals surface area contributed by atoms with Gasteiger partial charge in [0.2, 0.25) is 5.91 Å². The molecule has 0 unspecified atom stereocenters. The number of imidazole rings is 1. The van der Waals surface area contributed by atoms with Crippen LogP contribution in [0, 0.1) is 11.8 Å². The van der Waals surface area contributed by atoms with Gasteiger partial charge in [-0.2, -0.15) is 0 Å². The van der Waals surface area contributed by atoms with Gasteiger partial charge in [0.1, 0.15) is 17.8 Å². The van der Waals surface area contributed by atoms with E-state index < -0.39 is 0 Å². The van der Waals surface area contributed by atoms with Crippen LogP contribution in [0.3, 0.4) is 0 Å². The van der Waals surface area contributed by atoms with Crippen molar-refractivity contribution in [2.45, 2.75) is 40.0 Å². The number of piperidine rings is 1. The van der Waals surface area contributed by atoms with Crippen LogP contribution in [0.15, 0.2) is 30.9 Å². The van der Waals surface area contributed by atoms with E-state index in [0.717, 1.165) is 25.9 Å². The molecule has 1 saturated heterocycles. The molecule has 1 N–H and O–H groups in total. The zero-order chi connectivity index (χ0) is 19.4. The van der Waals surface area contributed by atoms with Gasteiger partial charge in [-0.25, -0.2) is 9.97 Å². The van der Waals surface area contributed by atoms with Crippen molar-refractivity contribution in [3.05, 3.63) is 36.5 Å². The van der Waals surface area contributed by atoms with Crippen molar-refractivity contribution in [1.29, 1.82) is 0 Å². The van der Waals surface area contributed by atoms with Gasteiger partial charge in [0.15, 0.2) is 0 Å². The zero-order valence-corrected chi connectivity index (χ0v) is 16.2. The van der Waals surface area contributed by atoms with E-state index in [1.807, 2.05) is 11.8 Å². The number of nitrogens with one attached hydrogen (secondary N) is 1. The molecule has 2 amide bonds. The number of pyridine rings is 1. The minimum Gasteiger partial charge on any atom is -0.337 e. The highest BCUT2D eigenvalue weighted by molar-refractivity contribution is 5.92. The van der Waals surface area contributed by atoms with Gasteiger partial charge in [0, 0.05) is 25.7 Å². The lowest BCUT2D eigenvalue weighted by Gasteiger charge is -2.34. The third-order valence-corrected chi connectivity index (χ3v) is 4.73. The van der Waals surface area contributed by atoms with Gasteiger partial charge in [-0.05, 0) is 36.8 Å². The Morgan fingerprint density at radius 1 is 1.19 bits per heavy atom. The number of hydrogen-bond acceptors (Lipinski definition) is 4. The normalized spacial score (nSPS) is 19.7. The molecule has 2 aromatic rings. The van der Waals surface area contributed by atoms with E-state index in [9.17, 15) is 9.59 Å². The van der Waals surface area contributed by atoms with Gasteiger partial charge in [0.05, 0.1) is 11.9 Å². The molecule has 1 fully saturated rings. The van der Waals surface area contributed by atoms with E-state index in [2.05, 4.69) is 29.1 Å². The van der Waals surface area contributed by atoms with Gasteiger partial charge in [-0.15, -0.1) is 0 Å². The number of rotatable bonds is 5. The van der Waals surface area contributed by atoms with E-state index >= 15 is 0 Å². The molecule has 3 rings (SSSR count). The largest absolute Gasteiger partial charge is 0.337 e. The molecule has 144 valence electrons. The van der Waals surface area contributed by atoms with Crippen LogP contribution in [-0.2, 0) is 4.79 Å². The maximum Gasteiger partial charge on any atom is 0.274 e. The summed E-state index contributed by atoms with van der Waals surface area (Å²) in [7, 11) is 0. The molecule has 0 spiro atoms. The molecular formula is C20H27N5O2. The molecule has 1 aliphatic rings. The number of likely N-dealkylation sites (tertiary alicyclic amines) is 1. The first-order chi connectivity index (χ1) is 13.0. The maximum atomic E-state index is 12.8. The Morgan fingerprint density at radius 3 is 2.56 bits per heavy atom. The lowest BCUT2D eigenvalue weighted by Crippen LogP contribution is -2.42. The van der Waals surface area contributed by atoms with Gasteiger partial charge in [-0.1, -0.05) is 20.8 Å². The summed E-state index contributed by atoms with van der Waals surface area (Å²) in [5, 5.41) is 2.81. The minimum absolute atomic E-state index is 0.0208. The number of anilines is 1. The van der Waals surface area contributed by atoms with Gasteiger partial charge in [0.25, 0.3) is 5.91 Å². The Kier molecular flexibility index (Phi) is 5.88. The number of carbonyl (C=O) groups excluding carboxylic acids is 2. The fraction of sp³-hybridized carbons (Fsp3) is 0.500. The van der Waals surface area contributed by atoms with Crippen molar-refractivity contribution >= 4 is 17.5 Å². The van der Waals surface area contributed by atoms with Crippen molar-refractivity contribution in [2.24, 2.45) is 11.8 Å². The Hall–Kier alpha value is -2.70. The molecule has 27 heavy (non-hydrogen) atoms. The lowest BCUT2D eigenvalue weighted by atomic mass is 9.92. The maximum absolute atomic E-state index is 12.8. The number of aromatic nitrogens is 3. The number of nitrogens with zero attached hydrogens (tertiary/aromatic N) is 4. The highest BCUT2D eigenvalue weighted by Gasteiger charge is 2.27. The van der Waals surface area contributed by atoms with Crippen molar-refractivity contribution < 1.29 is 9.59 Å². The SMILES string of the molecule is CCCC(=O)Nc1ccc(-n2cnc(C(=O)N3C[C@H](C)C[C@H](C)C3)c2)nc1. The monoisotopic (exact) mass is 369 g/mol. The summed E-state index contributed by atoms with van der Waals surface area (Å²) in [6.07, 6.45) is 7.37. The highest BCUT2D eigenvalue weighted by Crippen LogP contribution is 2.22. The molecule has 2 atom stereocenters. The van der Waals surface area contributed by atoms with Crippen LogP contribution in [-0.4, -0.2) is 44.3 Å². The van der Waals surface area contributed by atoms with Crippen LogP contribution in [0.4, 0.5) is 5.69 Å². The molecular weight excluding hydrogens is 342 g/mol. The van der Waals surface area contributed by atoms with Crippen LogP contribution >= 0.6 is 0 Å². The lowest BCUT2D eigenvalue weighted by molar-refractivity contribution is -0.116. The second kappa shape index (κ2) is 8.33. The molecule has 1 aliphatic heterocycles. The quantitative estimate of drug-likeness (QED) is 0.878. The van der Waals surface area contributed by atoms with Crippen molar-refractivity contribution in [2.75, 3.05) is 18.4 Å². The third kappa shape index (κ3) is 4.72. The van der Waals surface area contributed by atoms with E-state index in [0.29, 0.717) is 35.5 Å². The Balaban J connectivity index is 1.68. The van der Waals surface area contributed by atoms with Crippen molar-refractivity contribution in [1.82, 2.24) is 19.4 Å². The average Bonchev–Trinajstić information content (AvgIpc) is 3.11. The standard InChI is InChI=1S/C20H27N5O2/c1-4-5-19(26)23-16-6-7-18(21-9-16)25-12-17(22-13-25)20(27)24-10-14(2)8-15(3)11-24/h6-7,9,12-15H,4-5,8,10-11H2,1-3H3,(H,23,26)/t14-,15+. The van der Waals surface area contributed by atoms with E-state index in [-0.39, 0.29) is 11.8 Å². The Bertz CT molecular complexity index is 789. The van der Waals surface area contributed by atoms with E-state index in [1.165, 1.54) is 0 Å². The summed E-state index contributed by atoms with van der Waals surface area (Å²) >= 11 is 0. The fourth-order valence-corrected chi connectivity index (χ4v) is 3.61. The third-order valence-electron chi connectivity index (χ3n) is 4.73. The number of carbonyl (C=O) groups is 2. The molecule has 0 saturated carbocycles. The van der Waals surface area contributed by atoms with Gasteiger partial charge < -0.3 is 10.2 Å². The summed E-state index contributed by atoms with van der Waals surface area (Å²) < 4.78 is 1.72. The summed E-state index contributed by atoms with van der Waals surface area (Å²) in [5.41, 5.74) is 1.09. The Labute approximate surface area is 159 Å². The zero-order valence-electron chi connectivity index (χ0n) is 16.2. The van der Waals surface area contributed by atoms with Crippen LogP contribution in [0.2, 0.25) is 0 Å². The number of amides is 2. The molecule has 7 nitrogen and oxygen atoms in total. The summed E-state index contributed by atoms with van der Waals surface area (Å²) in [6.45, 7) is 7.88. The van der Waals surface area contributed by atoms with Crippen molar-refractivity contribution in [3.8, 4) is 5.82 Å². The second-order valence-electron chi connectivity index (χ2n) is 7.53. The van der Waals surface area contributed by atoms with Gasteiger partial charge >= 0.3 is 0 Å². The molecule has 0 bridgehead atoms. The summed E-state index contributed by atoms with van der Waals surface area (Å²) in [6, 6.07) is 3.59. The second-order valence-corrected chi connectivity index (χ2v) is 7.53. The molecule has 0 aliphatic carbocycles. The predicted molar refractivity (Wildman–Crippen MR) is 104 cm³/mol. The summed E-state index contributed by atoms with van der Waals surface area (Å²) in [4.78, 5) is 34.9. The minimum atomic E-state index is -0.0319. The van der Waals surface area contributed by atoms with E-state index in [4.69, 9.17) is 0 Å². The van der Waals surface area contributed by atoms with Crippen molar-refractivity contribution in [3.63, 3.8) is 0 Å². The smallest absolute Gasteiger partial charge is 0.274 e. The molecule has 2 aromatic heterocycles. The fourth-order valence-electron chi connectivity index (χ4n) is 3.61. The Morgan fingerprint density at radius 2 is 1.93 bits per heavy atom. The summed E-state index contributed by atoms with van der Waals surface area (Å²) in [5.74, 6) is 1.62.